The maximum atomic E-state index is 11.8. The van der Waals surface area contributed by atoms with Crippen LogP contribution < -0.4 is 10.6 Å². The molecule has 1 aromatic heterocycles. The van der Waals surface area contributed by atoms with E-state index in [-0.39, 0.29) is 5.56 Å². The van der Waals surface area contributed by atoms with Crippen molar-refractivity contribution in [3.63, 3.8) is 0 Å². The Morgan fingerprint density at radius 2 is 1.95 bits per heavy atom. The molecule has 2 amide bonds. The molecule has 1 rings (SSSR count). The molecule has 0 fully saturated rings. The number of anilines is 1. The van der Waals surface area contributed by atoms with E-state index >= 15 is 0 Å². The second kappa shape index (κ2) is 5.33. The predicted octanol–water partition coefficient (Wildman–Crippen LogP) is 2.60. The molecule has 1 aromatic rings. The van der Waals surface area contributed by atoms with Crippen LogP contribution in [0, 0.1) is 26.2 Å². The fourth-order valence-corrected chi connectivity index (χ4v) is 2.47. The minimum Gasteiger partial charge on any atom is -0.478 e. The number of nitrogens with one attached hydrogen (secondary N) is 2. The number of hydrogen-bond donors (Lipinski definition) is 3. The summed E-state index contributed by atoms with van der Waals surface area (Å²) in [7, 11) is 0. The number of carbonyl (C=O) groups is 2. The van der Waals surface area contributed by atoms with Crippen LogP contribution >= 0.6 is 11.3 Å². The van der Waals surface area contributed by atoms with Crippen LogP contribution in [-0.2, 0) is 0 Å². The van der Waals surface area contributed by atoms with Gasteiger partial charge in [-0.1, -0.05) is 5.92 Å². The van der Waals surface area contributed by atoms with Crippen LogP contribution in [0.2, 0.25) is 0 Å². The van der Waals surface area contributed by atoms with E-state index in [1.54, 1.807) is 27.7 Å². The molecule has 1 heterocycles. The summed E-state index contributed by atoms with van der Waals surface area (Å²) < 4.78 is 0. The lowest BCUT2D eigenvalue weighted by molar-refractivity contribution is 0.0697. The third-order valence-electron chi connectivity index (χ3n) is 2.61. The maximum Gasteiger partial charge on any atom is 0.338 e. The summed E-state index contributed by atoms with van der Waals surface area (Å²) in [5, 5.41) is 14.6. The molecule has 6 heteroatoms. The van der Waals surface area contributed by atoms with Gasteiger partial charge >= 0.3 is 12.0 Å². The number of thiophene rings is 1. The standard InChI is InChI=1S/C13H16N2O3S/c1-6-13(4,5)15-12(18)14-10-9(11(16)17)7(2)8(3)19-10/h1H,2-5H3,(H,16,17)(H2,14,15,18). The Balaban J connectivity index is 2.96. The van der Waals surface area contributed by atoms with E-state index in [1.807, 2.05) is 0 Å². The van der Waals surface area contributed by atoms with Crippen molar-refractivity contribution in [2.45, 2.75) is 33.2 Å². The summed E-state index contributed by atoms with van der Waals surface area (Å²) in [5.74, 6) is 1.37. The van der Waals surface area contributed by atoms with Crippen molar-refractivity contribution in [3.8, 4) is 12.3 Å². The summed E-state index contributed by atoms with van der Waals surface area (Å²) in [4.78, 5) is 23.8. The summed E-state index contributed by atoms with van der Waals surface area (Å²) in [6, 6.07) is -0.522. The van der Waals surface area contributed by atoms with Crippen LogP contribution in [0.5, 0.6) is 0 Å². The summed E-state index contributed by atoms with van der Waals surface area (Å²) in [6.45, 7) is 6.87. The van der Waals surface area contributed by atoms with Gasteiger partial charge in [-0.05, 0) is 33.3 Å². The van der Waals surface area contributed by atoms with E-state index in [2.05, 4.69) is 16.6 Å². The number of carboxylic acid groups (broad SMARTS) is 1. The summed E-state index contributed by atoms with van der Waals surface area (Å²) in [5.41, 5.74) is -0.0189. The molecule has 102 valence electrons. The Labute approximate surface area is 116 Å². The molecule has 0 aromatic carbocycles. The van der Waals surface area contributed by atoms with E-state index < -0.39 is 17.5 Å². The topological polar surface area (TPSA) is 78.4 Å². The summed E-state index contributed by atoms with van der Waals surface area (Å²) in [6.07, 6.45) is 5.27. The van der Waals surface area contributed by atoms with Gasteiger partial charge in [-0.25, -0.2) is 9.59 Å². The lowest BCUT2D eigenvalue weighted by atomic mass is 10.1. The highest BCUT2D eigenvalue weighted by Gasteiger charge is 2.22. The SMILES string of the molecule is C#CC(C)(C)NC(=O)Nc1sc(C)c(C)c1C(=O)O. The van der Waals surface area contributed by atoms with Crippen LogP contribution in [0.25, 0.3) is 0 Å². The van der Waals surface area contributed by atoms with Gasteiger partial charge in [0.1, 0.15) is 5.00 Å². The fraction of sp³-hybridized carbons (Fsp3) is 0.385. The van der Waals surface area contributed by atoms with E-state index in [1.165, 1.54) is 11.3 Å². The largest absolute Gasteiger partial charge is 0.478 e. The third kappa shape index (κ3) is 3.48. The number of carboxylic acids is 1. The van der Waals surface area contributed by atoms with Gasteiger partial charge in [0.05, 0.1) is 11.1 Å². The molecule has 0 spiro atoms. The zero-order valence-corrected chi connectivity index (χ0v) is 12.1. The quantitative estimate of drug-likeness (QED) is 0.745. The molecular weight excluding hydrogens is 264 g/mol. The second-order valence-corrected chi connectivity index (χ2v) is 5.87. The van der Waals surface area contributed by atoms with Crippen LogP contribution in [0.4, 0.5) is 9.80 Å². The van der Waals surface area contributed by atoms with Crippen LogP contribution in [0.3, 0.4) is 0 Å². The molecule has 19 heavy (non-hydrogen) atoms. The molecule has 0 atom stereocenters. The maximum absolute atomic E-state index is 11.8. The molecular formula is C13H16N2O3S. The van der Waals surface area contributed by atoms with Gasteiger partial charge in [-0.15, -0.1) is 17.8 Å². The van der Waals surface area contributed by atoms with E-state index in [4.69, 9.17) is 11.5 Å². The van der Waals surface area contributed by atoms with Gasteiger partial charge in [-0.3, -0.25) is 5.32 Å². The molecule has 3 N–H and O–H groups in total. The lowest BCUT2D eigenvalue weighted by Crippen LogP contribution is -2.44. The Morgan fingerprint density at radius 3 is 2.42 bits per heavy atom. The first-order valence-electron chi connectivity index (χ1n) is 5.58. The lowest BCUT2D eigenvalue weighted by Gasteiger charge is -2.19. The monoisotopic (exact) mass is 280 g/mol. The van der Waals surface area contributed by atoms with E-state index in [9.17, 15) is 9.59 Å². The normalized spacial score (nSPS) is 10.7. The molecule has 0 saturated heterocycles. The molecule has 0 aliphatic carbocycles. The molecule has 0 saturated carbocycles. The minimum absolute atomic E-state index is 0.121. The number of carbonyl (C=O) groups excluding carboxylic acids is 1. The van der Waals surface area contributed by atoms with Crippen molar-refractivity contribution >= 4 is 28.3 Å². The first-order valence-corrected chi connectivity index (χ1v) is 6.40. The zero-order valence-electron chi connectivity index (χ0n) is 11.2. The Bertz CT molecular complexity index is 567. The molecule has 0 radical (unpaired) electrons. The average molecular weight is 280 g/mol. The van der Waals surface area contributed by atoms with Crippen LogP contribution in [0.1, 0.15) is 34.6 Å². The van der Waals surface area contributed by atoms with E-state index in [0.29, 0.717) is 10.6 Å². The smallest absolute Gasteiger partial charge is 0.338 e. The molecule has 0 bridgehead atoms. The minimum atomic E-state index is -1.06. The Morgan fingerprint density at radius 1 is 1.37 bits per heavy atom. The van der Waals surface area contributed by atoms with Crippen molar-refractivity contribution in [2.24, 2.45) is 0 Å². The number of rotatable bonds is 3. The molecule has 0 aliphatic rings. The first-order chi connectivity index (χ1) is 8.68. The number of urea groups is 1. The Kier molecular flexibility index (Phi) is 4.22. The van der Waals surface area contributed by atoms with Gasteiger partial charge in [0.15, 0.2) is 0 Å². The van der Waals surface area contributed by atoms with Crippen molar-refractivity contribution in [3.05, 3.63) is 16.0 Å². The van der Waals surface area contributed by atoms with Gasteiger partial charge in [0, 0.05) is 4.88 Å². The predicted molar refractivity (Wildman–Crippen MR) is 75.8 cm³/mol. The fourth-order valence-electron chi connectivity index (χ4n) is 1.43. The number of aromatic carboxylic acids is 1. The van der Waals surface area contributed by atoms with Crippen LogP contribution in [0.15, 0.2) is 0 Å². The summed E-state index contributed by atoms with van der Waals surface area (Å²) >= 11 is 1.23. The highest BCUT2D eigenvalue weighted by molar-refractivity contribution is 7.16. The first kappa shape index (κ1) is 15.1. The van der Waals surface area contributed by atoms with Gasteiger partial charge in [-0.2, -0.15) is 0 Å². The van der Waals surface area contributed by atoms with Crippen molar-refractivity contribution in [2.75, 3.05) is 5.32 Å². The Hall–Kier alpha value is -2.00. The van der Waals surface area contributed by atoms with Crippen molar-refractivity contribution < 1.29 is 14.7 Å². The van der Waals surface area contributed by atoms with Gasteiger partial charge in [0.25, 0.3) is 0 Å². The van der Waals surface area contributed by atoms with Crippen molar-refractivity contribution in [1.29, 1.82) is 0 Å². The zero-order chi connectivity index (χ0) is 14.8. The second-order valence-electron chi connectivity index (χ2n) is 4.64. The third-order valence-corrected chi connectivity index (χ3v) is 3.74. The highest BCUT2D eigenvalue weighted by atomic mass is 32.1. The number of amides is 2. The molecule has 0 unspecified atom stereocenters. The highest BCUT2D eigenvalue weighted by Crippen LogP contribution is 2.32. The number of terminal acetylenes is 1. The molecule has 5 nitrogen and oxygen atoms in total. The van der Waals surface area contributed by atoms with Gasteiger partial charge in [0.2, 0.25) is 0 Å². The van der Waals surface area contributed by atoms with E-state index in [0.717, 1.165) is 4.88 Å². The number of aryl methyl sites for hydroxylation is 1. The average Bonchev–Trinajstić information content (AvgIpc) is 2.53. The van der Waals surface area contributed by atoms with Gasteiger partial charge < -0.3 is 10.4 Å². The number of hydrogen-bond acceptors (Lipinski definition) is 3. The molecule has 0 aliphatic heterocycles. The van der Waals surface area contributed by atoms with Crippen molar-refractivity contribution in [1.82, 2.24) is 5.32 Å². The van der Waals surface area contributed by atoms with Crippen LogP contribution in [-0.4, -0.2) is 22.6 Å².